The molecule has 4 heteroatoms. The molecule has 0 atom stereocenters. The van der Waals surface area contributed by atoms with Crippen LogP contribution in [0, 0.1) is 0 Å². The Morgan fingerprint density at radius 3 is 1.95 bits per heavy atom. The maximum Gasteiger partial charge on any atom is 0.494 e. The predicted octanol–water partition coefficient (Wildman–Crippen LogP) is 3.04. The number of hydrogen-bond donors (Lipinski definition) is 0. The molecular weight excluding hydrogens is 255 g/mol. The lowest BCUT2D eigenvalue weighted by atomic mass is 9.79. The Hall–Kier alpha value is -0.445. The van der Waals surface area contributed by atoms with Crippen molar-refractivity contribution in [2.45, 2.75) is 43.8 Å². The van der Waals surface area contributed by atoms with Gasteiger partial charge in [0, 0.05) is 0 Å². The van der Waals surface area contributed by atoms with Gasteiger partial charge < -0.3 is 9.31 Å². The van der Waals surface area contributed by atoms with Gasteiger partial charge in [0.05, 0.1) is 11.2 Å². The van der Waals surface area contributed by atoms with Gasteiger partial charge in [-0.05, 0) is 56.8 Å². The van der Waals surface area contributed by atoms with E-state index in [1.54, 1.807) is 0 Å². The van der Waals surface area contributed by atoms with Crippen LogP contribution in [0.25, 0.3) is 0 Å². The minimum absolute atomic E-state index is 0.258. The van der Waals surface area contributed by atoms with E-state index in [4.69, 9.17) is 9.31 Å². The Morgan fingerprint density at radius 1 is 0.947 bits per heavy atom. The molecule has 1 aromatic carbocycles. The van der Waals surface area contributed by atoms with Crippen molar-refractivity contribution in [2.75, 3.05) is 18.8 Å². The molecule has 0 spiro atoms. The summed E-state index contributed by atoms with van der Waals surface area (Å²) in [7, 11) is -0.981. The third-order valence-electron chi connectivity index (χ3n) is 4.09. The summed E-state index contributed by atoms with van der Waals surface area (Å²) < 4.78 is 12.2. The summed E-state index contributed by atoms with van der Waals surface area (Å²) in [6.07, 6.45) is 6.91. The highest BCUT2D eigenvalue weighted by molar-refractivity contribution is 8.32. The van der Waals surface area contributed by atoms with Crippen LogP contribution in [0.2, 0.25) is 0 Å². The molecule has 1 aliphatic heterocycles. The second kappa shape index (κ2) is 4.54. The van der Waals surface area contributed by atoms with Crippen molar-refractivity contribution in [2.24, 2.45) is 0 Å². The smallest absolute Gasteiger partial charge is 0.399 e. The van der Waals surface area contributed by atoms with Crippen molar-refractivity contribution in [3.05, 3.63) is 24.3 Å². The lowest BCUT2D eigenvalue weighted by Gasteiger charge is -2.32. The molecule has 0 unspecified atom stereocenters. The normalized spacial score (nSPS) is 22.6. The fourth-order valence-corrected chi connectivity index (χ4v) is 3.00. The van der Waals surface area contributed by atoms with Crippen LogP contribution in [0.3, 0.4) is 0 Å². The van der Waals surface area contributed by atoms with E-state index in [0.717, 1.165) is 5.46 Å². The molecule has 0 aliphatic carbocycles. The molecule has 1 fully saturated rings. The van der Waals surface area contributed by atoms with Crippen LogP contribution in [0.4, 0.5) is 0 Å². The molecular formula is C15H25BO2S. The lowest BCUT2D eigenvalue weighted by molar-refractivity contribution is 0.00578. The number of benzene rings is 1. The van der Waals surface area contributed by atoms with Crippen molar-refractivity contribution in [1.82, 2.24) is 0 Å². The largest absolute Gasteiger partial charge is 0.494 e. The third kappa shape index (κ3) is 2.86. The average molecular weight is 280 g/mol. The van der Waals surface area contributed by atoms with Crippen LogP contribution in [-0.2, 0) is 9.31 Å². The van der Waals surface area contributed by atoms with Crippen LogP contribution >= 0.6 is 10.0 Å². The van der Waals surface area contributed by atoms with E-state index in [1.807, 2.05) is 0 Å². The van der Waals surface area contributed by atoms with E-state index < -0.39 is 10.0 Å². The Labute approximate surface area is 119 Å². The first-order valence-electron chi connectivity index (χ1n) is 6.67. The molecule has 0 radical (unpaired) electrons. The van der Waals surface area contributed by atoms with E-state index in [1.165, 1.54) is 4.90 Å². The van der Waals surface area contributed by atoms with E-state index in [9.17, 15) is 0 Å². The highest BCUT2D eigenvalue weighted by Crippen LogP contribution is 2.44. The quantitative estimate of drug-likeness (QED) is 0.775. The summed E-state index contributed by atoms with van der Waals surface area (Å²) in [5, 5.41) is 0. The van der Waals surface area contributed by atoms with Gasteiger partial charge in [0.25, 0.3) is 0 Å². The zero-order valence-electron chi connectivity index (χ0n) is 13.1. The van der Waals surface area contributed by atoms with Crippen molar-refractivity contribution in [3.8, 4) is 0 Å². The van der Waals surface area contributed by atoms with Gasteiger partial charge in [-0.2, -0.15) is 0 Å². The van der Waals surface area contributed by atoms with Gasteiger partial charge >= 0.3 is 7.12 Å². The molecule has 19 heavy (non-hydrogen) atoms. The van der Waals surface area contributed by atoms with Gasteiger partial charge in [0.2, 0.25) is 0 Å². The zero-order valence-corrected chi connectivity index (χ0v) is 13.9. The van der Waals surface area contributed by atoms with Crippen LogP contribution in [0.1, 0.15) is 27.7 Å². The first kappa shape index (κ1) is 15.0. The fraction of sp³-hybridized carbons (Fsp3) is 0.600. The summed E-state index contributed by atoms with van der Waals surface area (Å²) >= 11 is 0. The van der Waals surface area contributed by atoms with Crippen LogP contribution in [-0.4, -0.2) is 37.1 Å². The highest BCUT2D eigenvalue weighted by Gasteiger charge is 2.51. The van der Waals surface area contributed by atoms with Crippen LogP contribution < -0.4 is 5.46 Å². The highest BCUT2D eigenvalue weighted by atomic mass is 32.3. The van der Waals surface area contributed by atoms with E-state index in [2.05, 4.69) is 70.7 Å². The van der Waals surface area contributed by atoms with Gasteiger partial charge in [-0.3, -0.25) is 0 Å². The molecule has 1 heterocycles. The molecule has 1 aromatic rings. The molecule has 0 saturated carbocycles. The summed E-state index contributed by atoms with van der Waals surface area (Å²) in [6, 6.07) is 8.63. The van der Waals surface area contributed by atoms with Crippen molar-refractivity contribution in [3.63, 3.8) is 0 Å². The molecule has 106 valence electrons. The molecule has 2 nitrogen and oxygen atoms in total. The first-order valence-corrected chi connectivity index (χ1v) is 9.53. The minimum atomic E-state index is -0.723. The topological polar surface area (TPSA) is 18.5 Å². The summed E-state index contributed by atoms with van der Waals surface area (Å²) in [6.45, 7) is 8.36. The molecule has 0 bridgehead atoms. The molecule has 0 aromatic heterocycles. The SMILES string of the molecule is CC1(C)OB(c2cccc(S(C)(C)C)c2)OC1(C)C. The van der Waals surface area contributed by atoms with Crippen molar-refractivity contribution < 1.29 is 9.31 Å². The number of rotatable bonds is 2. The van der Waals surface area contributed by atoms with Gasteiger partial charge in [0.15, 0.2) is 0 Å². The average Bonchev–Trinajstić information content (AvgIpc) is 2.47. The molecule has 2 rings (SSSR count). The van der Waals surface area contributed by atoms with Gasteiger partial charge in [-0.15, -0.1) is 0 Å². The van der Waals surface area contributed by atoms with E-state index in [-0.39, 0.29) is 18.3 Å². The van der Waals surface area contributed by atoms with Crippen molar-refractivity contribution >= 4 is 22.6 Å². The van der Waals surface area contributed by atoms with Gasteiger partial charge in [0.1, 0.15) is 0 Å². The minimum Gasteiger partial charge on any atom is -0.399 e. The maximum atomic E-state index is 6.10. The van der Waals surface area contributed by atoms with Crippen LogP contribution in [0.15, 0.2) is 29.2 Å². The maximum absolute atomic E-state index is 6.10. The Kier molecular flexibility index (Phi) is 3.57. The van der Waals surface area contributed by atoms with Crippen LogP contribution in [0.5, 0.6) is 0 Å². The molecule has 0 amide bonds. The van der Waals surface area contributed by atoms with E-state index in [0.29, 0.717) is 0 Å². The lowest BCUT2D eigenvalue weighted by Crippen LogP contribution is -2.41. The third-order valence-corrected chi connectivity index (χ3v) is 5.76. The number of hydrogen-bond acceptors (Lipinski definition) is 2. The Bertz CT molecular complexity index is 461. The van der Waals surface area contributed by atoms with Gasteiger partial charge in [-0.1, -0.05) is 24.3 Å². The van der Waals surface area contributed by atoms with Crippen molar-refractivity contribution in [1.29, 1.82) is 0 Å². The summed E-state index contributed by atoms with van der Waals surface area (Å²) in [4.78, 5) is 1.39. The first-order chi connectivity index (χ1) is 8.53. The van der Waals surface area contributed by atoms with E-state index >= 15 is 0 Å². The zero-order chi connectivity index (χ0) is 14.5. The Balaban J connectivity index is 2.30. The summed E-state index contributed by atoms with van der Waals surface area (Å²) in [5.74, 6) is 0. The fourth-order valence-electron chi connectivity index (χ4n) is 2.02. The summed E-state index contributed by atoms with van der Waals surface area (Å²) in [5.41, 5.74) is 0.573. The second-order valence-electron chi connectivity index (χ2n) is 7.00. The Morgan fingerprint density at radius 2 is 1.47 bits per heavy atom. The molecule has 0 N–H and O–H groups in total. The monoisotopic (exact) mass is 280 g/mol. The predicted molar refractivity (Wildman–Crippen MR) is 85.8 cm³/mol. The standard InChI is InChI=1S/C15H25BO2S/c1-14(2)15(3,4)18-16(17-14)12-9-8-10-13(11-12)19(5,6)7/h8-11H,1-7H3. The van der Waals surface area contributed by atoms with Gasteiger partial charge in [-0.25, -0.2) is 10.0 Å². The molecule has 1 aliphatic rings. The molecule has 1 saturated heterocycles. The second-order valence-corrected chi connectivity index (χ2v) is 11.1.